The first-order valence-corrected chi connectivity index (χ1v) is 9.59. The molecule has 0 unspecified atom stereocenters. The summed E-state index contributed by atoms with van der Waals surface area (Å²) in [7, 11) is -0.522. The second kappa shape index (κ2) is 6.83. The number of aryl methyl sites for hydroxylation is 1. The number of aromatic nitrogens is 1. The van der Waals surface area contributed by atoms with Crippen LogP contribution < -0.4 is 9.46 Å². The van der Waals surface area contributed by atoms with Crippen LogP contribution in [0.2, 0.25) is 0 Å². The van der Waals surface area contributed by atoms with Gasteiger partial charge in [0.05, 0.1) is 28.8 Å². The summed E-state index contributed by atoms with van der Waals surface area (Å²) in [6.07, 6.45) is 0. The molecule has 0 saturated carbocycles. The summed E-state index contributed by atoms with van der Waals surface area (Å²) in [5, 5.41) is 10.6. The fourth-order valence-electron chi connectivity index (χ4n) is 3.11. The Kier molecular flexibility index (Phi) is 4.72. The Bertz CT molecular complexity index is 1110. The average Bonchev–Trinajstić information content (AvgIpc) is 3.00. The van der Waals surface area contributed by atoms with E-state index >= 15 is 0 Å². The Morgan fingerprint density at radius 1 is 1.19 bits per heavy atom. The second-order valence-corrected chi connectivity index (χ2v) is 7.58. The van der Waals surface area contributed by atoms with Crippen molar-refractivity contribution in [1.29, 1.82) is 5.26 Å². The van der Waals surface area contributed by atoms with Gasteiger partial charge in [-0.1, -0.05) is 12.1 Å². The Labute approximate surface area is 152 Å². The molecule has 1 heterocycles. The van der Waals surface area contributed by atoms with E-state index in [1.54, 1.807) is 31.4 Å². The van der Waals surface area contributed by atoms with E-state index in [2.05, 4.69) is 10.8 Å². The normalized spacial score (nSPS) is 11.5. The predicted octanol–water partition coefficient (Wildman–Crippen LogP) is 3.12. The van der Waals surface area contributed by atoms with Gasteiger partial charge in [-0.05, 0) is 43.8 Å². The van der Waals surface area contributed by atoms with Gasteiger partial charge in [-0.3, -0.25) is 0 Å². The molecule has 0 aliphatic heterocycles. The number of hydrogen-bond acceptors (Lipinski definition) is 4. The number of methoxy groups -OCH3 is 1. The number of benzene rings is 2. The van der Waals surface area contributed by atoms with E-state index in [1.165, 1.54) is 7.05 Å². The summed E-state index contributed by atoms with van der Waals surface area (Å²) in [4.78, 5) is 0.183. The number of nitriles is 1. The molecule has 0 atom stereocenters. The fourth-order valence-corrected chi connectivity index (χ4v) is 3.84. The van der Waals surface area contributed by atoms with Gasteiger partial charge in [0.2, 0.25) is 10.0 Å². The summed E-state index contributed by atoms with van der Waals surface area (Å²) in [6, 6.07) is 14.4. The lowest BCUT2D eigenvalue weighted by Gasteiger charge is -2.10. The SMILES string of the molecule is CCn1c(-c2ccc(S(=O)(=O)NC)cc2)c(C#N)c2ccc(OC)cc21. The lowest BCUT2D eigenvalue weighted by atomic mass is 10.1. The molecular formula is C19H19N3O3S. The Morgan fingerprint density at radius 3 is 2.42 bits per heavy atom. The van der Waals surface area contributed by atoms with Crippen LogP contribution in [0.1, 0.15) is 12.5 Å². The molecule has 0 radical (unpaired) electrons. The zero-order valence-corrected chi connectivity index (χ0v) is 15.6. The van der Waals surface area contributed by atoms with Crippen LogP contribution in [0.25, 0.3) is 22.2 Å². The molecule has 3 rings (SSSR count). The molecule has 1 N–H and O–H groups in total. The molecule has 2 aromatic carbocycles. The largest absolute Gasteiger partial charge is 0.497 e. The highest BCUT2D eigenvalue weighted by Crippen LogP contribution is 2.35. The van der Waals surface area contributed by atoms with E-state index in [0.717, 1.165) is 27.9 Å². The smallest absolute Gasteiger partial charge is 0.240 e. The Hall–Kier alpha value is -2.82. The predicted molar refractivity (Wildman–Crippen MR) is 101 cm³/mol. The van der Waals surface area contributed by atoms with Crippen LogP contribution in [0.3, 0.4) is 0 Å². The van der Waals surface area contributed by atoms with Crippen LogP contribution >= 0.6 is 0 Å². The molecule has 0 spiro atoms. The van der Waals surface area contributed by atoms with Crippen molar-refractivity contribution in [2.45, 2.75) is 18.4 Å². The van der Waals surface area contributed by atoms with E-state index in [4.69, 9.17) is 4.74 Å². The van der Waals surface area contributed by atoms with E-state index in [0.29, 0.717) is 12.1 Å². The van der Waals surface area contributed by atoms with Gasteiger partial charge in [-0.2, -0.15) is 5.26 Å². The molecule has 0 bridgehead atoms. The monoisotopic (exact) mass is 369 g/mol. The molecule has 0 saturated heterocycles. The zero-order valence-electron chi connectivity index (χ0n) is 14.8. The summed E-state index contributed by atoms with van der Waals surface area (Å²) in [6.45, 7) is 2.67. The summed E-state index contributed by atoms with van der Waals surface area (Å²) in [5.41, 5.74) is 3.03. The first-order chi connectivity index (χ1) is 12.5. The highest BCUT2D eigenvalue weighted by Gasteiger charge is 2.19. The van der Waals surface area contributed by atoms with E-state index in [1.807, 2.05) is 29.7 Å². The summed E-state index contributed by atoms with van der Waals surface area (Å²) >= 11 is 0. The highest BCUT2D eigenvalue weighted by atomic mass is 32.2. The minimum Gasteiger partial charge on any atom is -0.497 e. The highest BCUT2D eigenvalue weighted by molar-refractivity contribution is 7.89. The van der Waals surface area contributed by atoms with Crippen molar-refractivity contribution in [2.24, 2.45) is 0 Å². The third kappa shape index (κ3) is 2.83. The summed E-state index contributed by atoms with van der Waals surface area (Å²) < 4.78 is 33.5. The van der Waals surface area contributed by atoms with Crippen molar-refractivity contribution in [3.63, 3.8) is 0 Å². The Balaban J connectivity index is 2.26. The minimum absolute atomic E-state index is 0.183. The molecule has 0 aliphatic rings. The molecule has 134 valence electrons. The molecule has 6 nitrogen and oxygen atoms in total. The first-order valence-electron chi connectivity index (χ1n) is 8.11. The second-order valence-electron chi connectivity index (χ2n) is 5.69. The minimum atomic E-state index is -3.50. The van der Waals surface area contributed by atoms with Gasteiger partial charge in [0, 0.05) is 18.0 Å². The molecule has 1 aromatic heterocycles. The molecule has 26 heavy (non-hydrogen) atoms. The molecule has 0 fully saturated rings. The van der Waals surface area contributed by atoms with Crippen LogP contribution in [0.4, 0.5) is 0 Å². The van der Waals surface area contributed by atoms with Crippen molar-refractivity contribution >= 4 is 20.9 Å². The van der Waals surface area contributed by atoms with Crippen molar-refractivity contribution in [1.82, 2.24) is 9.29 Å². The van der Waals surface area contributed by atoms with Crippen molar-refractivity contribution in [3.8, 4) is 23.1 Å². The number of rotatable bonds is 5. The topological polar surface area (TPSA) is 84.1 Å². The molecule has 3 aromatic rings. The third-order valence-corrected chi connectivity index (χ3v) is 5.84. The molecule has 0 aliphatic carbocycles. The lowest BCUT2D eigenvalue weighted by Crippen LogP contribution is -2.18. The van der Waals surface area contributed by atoms with Crippen molar-refractivity contribution < 1.29 is 13.2 Å². The first kappa shape index (κ1) is 18.0. The molecule has 7 heteroatoms. The number of fused-ring (bicyclic) bond motifs is 1. The van der Waals surface area contributed by atoms with Gasteiger partial charge >= 0.3 is 0 Å². The number of sulfonamides is 1. The molecular weight excluding hydrogens is 350 g/mol. The van der Waals surface area contributed by atoms with Gasteiger partial charge in [0.25, 0.3) is 0 Å². The average molecular weight is 369 g/mol. The van der Waals surface area contributed by atoms with Gasteiger partial charge in [-0.25, -0.2) is 13.1 Å². The maximum absolute atomic E-state index is 11.9. The van der Waals surface area contributed by atoms with Crippen LogP contribution in [0, 0.1) is 11.3 Å². The van der Waals surface area contributed by atoms with Gasteiger partial charge in [0.1, 0.15) is 11.8 Å². The van der Waals surface area contributed by atoms with E-state index < -0.39 is 10.0 Å². The summed E-state index contributed by atoms with van der Waals surface area (Å²) in [5.74, 6) is 0.719. The van der Waals surface area contributed by atoms with Crippen molar-refractivity contribution in [2.75, 3.05) is 14.2 Å². The number of ether oxygens (including phenoxy) is 1. The number of hydrogen-bond donors (Lipinski definition) is 1. The van der Waals surface area contributed by atoms with E-state index in [-0.39, 0.29) is 4.90 Å². The number of nitrogens with one attached hydrogen (secondary N) is 1. The number of nitrogens with zero attached hydrogens (tertiary/aromatic N) is 2. The Morgan fingerprint density at radius 2 is 1.88 bits per heavy atom. The van der Waals surface area contributed by atoms with Crippen LogP contribution in [-0.4, -0.2) is 27.1 Å². The van der Waals surface area contributed by atoms with Gasteiger partial charge in [0.15, 0.2) is 0 Å². The van der Waals surface area contributed by atoms with Crippen LogP contribution in [0.15, 0.2) is 47.4 Å². The van der Waals surface area contributed by atoms with Gasteiger partial charge in [-0.15, -0.1) is 0 Å². The van der Waals surface area contributed by atoms with E-state index in [9.17, 15) is 13.7 Å². The third-order valence-electron chi connectivity index (χ3n) is 4.41. The van der Waals surface area contributed by atoms with Crippen molar-refractivity contribution in [3.05, 3.63) is 48.0 Å². The maximum Gasteiger partial charge on any atom is 0.240 e. The van der Waals surface area contributed by atoms with Gasteiger partial charge < -0.3 is 9.30 Å². The van der Waals surface area contributed by atoms with Crippen LogP contribution in [0.5, 0.6) is 5.75 Å². The maximum atomic E-state index is 11.9. The standard InChI is InChI=1S/C19H19N3O3S/c1-4-22-18-11-14(25-3)7-10-16(18)17(12-20)19(22)13-5-8-15(9-6-13)26(23,24)21-2/h5-11,21H,4H2,1-3H3. The van der Waals surface area contributed by atoms with Crippen LogP contribution in [-0.2, 0) is 16.6 Å². The lowest BCUT2D eigenvalue weighted by molar-refractivity contribution is 0.415. The zero-order chi connectivity index (χ0) is 18.9. The quantitative estimate of drug-likeness (QED) is 0.749. The molecule has 0 amide bonds. The fraction of sp³-hybridized carbons (Fsp3) is 0.211.